The summed E-state index contributed by atoms with van der Waals surface area (Å²) in [5, 5.41) is 5.24. The maximum Gasteiger partial charge on any atom is 0.322 e. The first-order chi connectivity index (χ1) is 11.6. The van der Waals surface area contributed by atoms with Gasteiger partial charge in [-0.15, -0.1) is 0 Å². The summed E-state index contributed by atoms with van der Waals surface area (Å²) in [5.74, 6) is 1.21. The molecule has 1 aromatic carbocycles. The van der Waals surface area contributed by atoms with Gasteiger partial charge in [0, 0.05) is 19.1 Å². The fourth-order valence-corrected chi connectivity index (χ4v) is 4.20. The number of benzene rings is 1. The van der Waals surface area contributed by atoms with Crippen molar-refractivity contribution < 1.29 is 19.1 Å². The molecule has 2 N–H and O–H groups in total. The van der Waals surface area contributed by atoms with Crippen LogP contribution in [-0.2, 0) is 11.2 Å². The summed E-state index contributed by atoms with van der Waals surface area (Å²) in [4.78, 5) is 26.3. The van der Waals surface area contributed by atoms with E-state index in [0.29, 0.717) is 18.6 Å². The number of fused-ring (bicyclic) bond motifs is 3. The summed E-state index contributed by atoms with van der Waals surface area (Å²) < 4.78 is 10.8. The molecule has 1 spiro atoms. The fourth-order valence-electron chi connectivity index (χ4n) is 4.20. The van der Waals surface area contributed by atoms with Crippen molar-refractivity contribution in [2.45, 2.75) is 30.8 Å². The van der Waals surface area contributed by atoms with Crippen molar-refractivity contribution in [1.29, 1.82) is 0 Å². The van der Waals surface area contributed by atoms with Crippen molar-refractivity contribution in [3.8, 4) is 11.5 Å². The molecule has 2 atom stereocenters. The van der Waals surface area contributed by atoms with Gasteiger partial charge in [-0.05, 0) is 42.5 Å². The fraction of sp³-hybridized carbons (Fsp3) is 0.529. The summed E-state index contributed by atoms with van der Waals surface area (Å²) in [6.07, 6.45) is 2.16. The Labute approximate surface area is 140 Å². The highest BCUT2D eigenvalue weighted by Gasteiger charge is 2.51. The molecule has 0 unspecified atom stereocenters. The Hall–Kier alpha value is -2.28. The number of rotatable bonds is 2. The molecule has 7 nitrogen and oxygen atoms in total. The highest BCUT2D eigenvalue weighted by molar-refractivity contribution is 6.07. The first kappa shape index (κ1) is 15.3. The van der Waals surface area contributed by atoms with Crippen LogP contribution in [0.2, 0.25) is 0 Å². The quantitative estimate of drug-likeness (QED) is 0.790. The van der Waals surface area contributed by atoms with Gasteiger partial charge in [0.25, 0.3) is 5.91 Å². The third-order valence-electron chi connectivity index (χ3n) is 5.50. The lowest BCUT2D eigenvalue weighted by atomic mass is 9.77. The number of nitrogens with zero attached hydrogens (tertiary/aromatic N) is 1. The van der Waals surface area contributed by atoms with Gasteiger partial charge in [-0.1, -0.05) is 0 Å². The topological polar surface area (TPSA) is 79.9 Å². The van der Waals surface area contributed by atoms with Crippen LogP contribution in [0.5, 0.6) is 11.5 Å². The van der Waals surface area contributed by atoms with Gasteiger partial charge in [0.2, 0.25) is 0 Å². The minimum atomic E-state index is -0.792. The molecule has 0 bridgehead atoms. The minimum absolute atomic E-state index is 0.0893. The van der Waals surface area contributed by atoms with Crippen LogP contribution in [0.3, 0.4) is 0 Å². The Kier molecular flexibility index (Phi) is 3.42. The standard InChI is InChI=1S/C17H21N3O4/c1-23-13-7-10-3-5-20-6-4-17(15(21)18-16(22)19-17)9-12(20)11(10)8-14(13)24-2/h7-8,12H,3-6,9H2,1-2H3,(H2,18,19,21,22)/t12-,17+/m0/s1. The highest BCUT2D eigenvalue weighted by atomic mass is 16.5. The number of amides is 3. The predicted octanol–water partition coefficient (Wildman–Crippen LogP) is 0.975. The van der Waals surface area contributed by atoms with E-state index in [1.807, 2.05) is 12.1 Å². The number of hydrogen-bond donors (Lipinski definition) is 2. The average molecular weight is 331 g/mol. The van der Waals surface area contributed by atoms with Crippen LogP contribution in [0.4, 0.5) is 4.79 Å². The molecule has 1 aromatic rings. The van der Waals surface area contributed by atoms with Gasteiger partial charge in [-0.2, -0.15) is 0 Å². The van der Waals surface area contributed by atoms with Gasteiger partial charge in [-0.25, -0.2) is 4.79 Å². The number of piperidine rings is 1. The number of urea groups is 1. The number of ether oxygens (including phenoxy) is 2. The van der Waals surface area contributed by atoms with E-state index >= 15 is 0 Å². The third kappa shape index (κ3) is 2.15. The average Bonchev–Trinajstić information content (AvgIpc) is 2.86. The first-order valence-corrected chi connectivity index (χ1v) is 8.19. The van der Waals surface area contributed by atoms with Gasteiger partial charge < -0.3 is 14.8 Å². The van der Waals surface area contributed by atoms with E-state index in [9.17, 15) is 9.59 Å². The van der Waals surface area contributed by atoms with E-state index in [1.54, 1.807) is 14.2 Å². The molecule has 4 rings (SSSR count). The lowest BCUT2D eigenvalue weighted by Gasteiger charge is -2.46. The Balaban J connectivity index is 1.73. The second-order valence-corrected chi connectivity index (χ2v) is 6.65. The van der Waals surface area contributed by atoms with Crippen LogP contribution >= 0.6 is 0 Å². The first-order valence-electron chi connectivity index (χ1n) is 8.19. The minimum Gasteiger partial charge on any atom is -0.493 e. The predicted molar refractivity (Wildman–Crippen MR) is 86.2 cm³/mol. The molecule has 2 fully saturated rings. The van der Waals surface area contributed by atoms with Crippen LogP contribution in [-0.4, -0.2) is 49.7 Å². The largest absolute Gasteiger partial charge is 0.493 e. The maximum atomic E-state index is 12.3. The van der Waals surface area contributed by atoms with Crippen LogP contribution in [0.15, 0.2) is 12.1 Å². The molecule has 7 heteroatoms. The van der Waals surface area contributed by atoms with E-state index < -0.39 is 11.6 Å². The Morgan fingerprint density at radius 1 is 1.17 bits per heavy atom. The number of methoxy groups -OCH3 is 2. The molecule has 3 aliphatic rings. The zero-order valence-corrected chi connectivity index (χ0v) is 13.8. The van der Waals surface area contributed by atoms with Gasteiger partial charge >= 0.3 is 6.03 Å². The molecule has 0 saturated carbocycles. The van der Waals surface area contributed by atoms with Crippen LogP contribution in [0, 0.1) is 0 Å². The van der Waals surface area contributed by atoms with Crippen LogP contribution in [0.25, 0.3) is 0 Å². The lowest BCUT2D eigenvalue weighted by Crippen LogP contribution is -2.56. The van der Waals surface area contributed by atoms with Crippen LogP contribution in [0.1, 0.15) is 30.0 Å². The molecule has 3 heterocycles. The maximum absolute atomic E-state index is 12.3. The number of imide groups is 1. The number of nitrogens with one attached hydrogen (secondary N) is 2. The van der Waals surface area contributed by atoms with E-state index in [0.717, 1.165) is 30.8 Å². The molecule has 2 saturated heterocycles. The second kappa shape index (κ2) is 5.37. The van der Waals surface area contributed by atoms with E-state index in [2.05, 4.69) is 15.5 Å². The van der Waals surface area contributed by atoms with Crippen molar-refractivity contribution in [3.63, 3.8) is 0 Å². The summed E-state index contributed by atoms with van der Waals surface area (Å²) in [5.41, 5.74) is 1.59. The van der Waals surface area contributed by atoms with Gasteiger partial charge in [-0.3, -0.25) is 15.0 Å². The lowest BCUT2D eigenvalue weighted by molar-refractivity contribution is -0.126. The summed E-state index contributed by atoms with van der Waals surface area (Å²) >= 11 is 0. The van der Waals surface area contributed by atoms with Gasteiger partial charge in [0.05, 0.1) is 14.2 Å². The van der Waals surface area contributed by atoms with Crippen molar-refractivity contribution >= 4 is 11.9 Å². The Morgan fingerprint density at radius 2 is 1.92 bits per heavy atom. The highest BCUT2D eigenvalue weighted by Crippen LogP contribution is 2.44. The van der Waals surface area contributed by atoms with Crippen molar-refractivity contribution in [1.82, 2.24) is 15.5 Å². The molecule has 0 radical (unpaired) electrons. The summed E-state index contributed by atoms with van der Waals surface area (Å²) in [6, 6.07) is 3.74. The Morgan fingerprint density at radius 3 is 2.58 bits per heavy atom. The van der Waals surface area contributed by atoms with Crippen LogP contribution < -0.4 is 20.1 Å². The zero-order valence-electron chi connectivity index (χ0n) is 13.8. The van der Waals surface area contributed by atoms with Crippen molar-refractivity contribution in [3.05, 3.63) is 23.3 Å². The number of hydrogen-bond acceptors (Lipinski definition) is 5. The molecule has 0 aromatic heterocycles. The number of carbonyl (C=O) groups is 2. The van der Waals surface area contributed by atoms with E-state index in [4.69, 9.17) is 9.47 Å². The molecular formula is C17H21N3O4. The SMILES string of the molecule is COc1cc2c(cc1OC)[C@@H]1C[C@@]3(CCN1CC2)NC(=O)NC3=O. The molecule has 3 aliphatic heterocycles. The molecule has 24 heavy (non-hydrogen) atoms. The molecule has 128 valence electrons. The van der Waals surface area contributed by atoms with E-state index in [-0.39, 0.29) is 11.9 Å². The third-order valence-corrected chi connectivity index (χ3v) is 5.50. The second-order valence-electron chi connectivity index (χ2n) is 6.65. The van der Waals surface area contributed by atoms with Crippen molar-refractivity contribution in [2.24, 2.45) is 0 Å². The molecular weight excluding hydrogens is 310 g/mol. The zero-order chi connectivity index (χ0) is 16.9. The van der Waals surface area contributed by atoms with E-state index in [1.165, 1.54) is 5.56 Å². The normalized spacial score (nSPS) is 28.8. The smallest absolute Gasteiger partial charge is 0.322 e. The molecule has 3 amide bonds. The van der Waals surface area contributed by atoms with Gasteiger partial charge in [0.1, 0.15) is 5.54 Å². The molecule has 0 aliphatic carbocycles. The summed E-state index contributed by atoms with van der Waals surface area (Å²) in [7, 11) is 3.26. The summed E-state index contributed by atoms with van der Waals surface area (Å²) in [6.45, 7) is 1.73. The Bertz CT molecular complexity index is 720. The van der Waals surface area contributed by atoms with Crippen molar-refractivity contribution in [2.75, 3.05) is 27.3 Å². The number of carbonyl (C=O) groups excluding carboxylic acids is 2. The monoisotopic (exact) mass is 331 g/mol. The van der Waals surface area contributed by atoms with Gasteiger partial charge in [0.15, 0.2) is 11.5 Å².